The lowest BCUT2D eigenvalue weighted by Gasteiger charge is -2.11. The Morgan fingerprint density at radius 1 is 1.24 bits per heavy atom. The van der Waals surface area contributed by atoms with Crippen LogP contribution in [0.1, 0.15) is 18.5 Å². The SMILES string of the molecule is C[C@@H]([NH2+]CC(=O)Nc1ccccc1Br)c1ccc(Cl)cc1. The first-order valence-corrected chi connectivity index (χ1v) is 7.86. The van der Waals surface area contributed by atoms with E-state index >= 15 is 0 Å². The number of benzene rings is 2. The Bertz CT molecular complexity index is 616. The highest BCUT2D eigenvalue weighted by molar-refractivity contribution is 9.10. The molecule has 1 atom stereocenters. The van der Waals surface area contributed by atoms with Crippen LogP contribution in [0.4, 0.5) is 5.69 Å². The van der Waals surface area contributed by atoms with Gasteiger partial charge in [-0.2, -0.15) is 0 Å². The molecule has 0 aliphatic rings. The van der Waals surface area contributed by atoms with E-state index in [4.69, 9.17) is 11.6 Å². The first-order chi connectivity index (χ1) is 10.1. The minimum Gasteiger partial charge on any atom is -0.333 e. The Morgan fingerprint density at radius 3 is 2.57 bits per heavy atom. The molecule has 3 N–H and O–H groups in total. The molecular formula is C16H17BrClN2O+. The summed E-state index contributed by atoms with van der Waals surface area (Å²) in [5, 5.41) is 5.60. The number of carbonyl (C=O) groups excluding carboxylic acids is 1. The number of carbonyl (C=O) groups is 1. The number of para-hydroxylation sites is 1. The molecule has 21 heavy (non-hydrogen) atoms. The van der Waals surface area contributed by atoms with Crippen molar-refractivity contribution in [2.24, 2.45) is 0 Å². The number of halogens is 2. The van der Waals surface area contributed by atoms with Crippen LogP contribution in [-0.2, 0) is 4.79 Å². The van der Waals surface area contributed by atoms with Gasteiger partial charge in [-0.1, -0.05) is 35.9 Å². The number of amides is 1. The molecule has 2 aromatic rings. The van der Waals surface area contributed by atoms with Gasteiger partial charge in [0.25, 0.3) is 5.91 Å². The molecule has 0 aromatic heterocycles. The maximum atomic E-state index is 12.0. The highest BCUT2D eigenvalue weighted by atomic mass is 79.9. The lowest BCUT2D eigenvalue weighted by molar-refractivity contribution is -0.682. The fourth-order valence-electron chi connectivity index (χ4n) is 1.95. The summed E-state index contributed by atoms with van der Waals surface area (Å²) in [6.45, 7) is 2.43. The van der Waals surface area contributed by atoms with Gasteiger partial charge >= 0.3 is 0 Å². The summed E-state index contributed by atoms with van der Waals surface area (Å²) in [6.07, 6.45) is 0. The van der Waals surface area contributed by atoms with Gasteiger partial charge in [0.1, 0.15) is 6.04 Å². The molecule has 0 radical (unpaired) electrons. The van der Waals surface area contributed by atoms with E-state index in [1.807, 2.05) is 53.8 Å². The number of rotatable bonds is 5. The van der Waals surface area contributed by atoms with Crippen LogP contribution >= 0.6 is 27.5 Å². The number of anilines is 1. The minimum atomic E-state index is -0.0253. The fourth-order valence-corrected chi connectivity index (χ4v) is 2.46. The summed E-state index contributed by atoms with van der Waals surface area (Å²) in [6, 6.07) is 15.5. The van der Waals surface area contributed by atoms with Crippen molar-refractivity contribution in [1.29, 1.82) is 0 Å². The van der Waals surface area contributed by atoms with E-state index in [0.717, 1.165) is 20.7 Å². The van der Waals surface area contributed by atoms with Crippen LogP contribution in [0.5, 0.6) is 0 Å². The molecule has 1 amide bonds. The molecule has 0 unspecified atom stereocenters. The van der Waals surface area contributed by atoms with Crippen molar-refractivity contribution in [3.8, 4) is 0 Å². The highest BCUT2D eigenvalue weighted by Gasteiger charge is 2.12. The average Bonchev–Trinajstić information content (AvgIpc) is 2.48. The maximum Gasteiger partial charge on any atom is 0.279 e. The molecule has 0 saturated carbocycles. The molecule has 0 spiro atoms. The van der Waals surface area contributed by atoms with E-state index in [1.165, 1.54) is 0 Å². The van der Waals surface area contributed by atoms with Crippen molar-refractivity contribution in [3.05, 3.63) is 63.6 Å². The predicted octanol–water partition coefficient (Wildman–Crippen LogP) is 3.37. The van der Waals surface area contributed by atoms with Crippen molar-refractivity contribution in [2.75, 3.05) is 11.9 Å². The van der Waals surface area contributed by atoms with Gasteiger partial charge in [0, 0.05) is 15.1 Å². The van der Waals surface area contributed by atoms with Gasteiger partial charge in [-0.25, -0.2) is 0 Å². The van der Waals surface area contributed by atoms with Crippen molar-refractivity contribution in [1.82, 2.24) is 0 Å². The zero-order valence-corrected chi connectivity index (χ0v) is 14.0. The Labute approximate surface area is 137 Å². The van der Waals surface area contributed by atoms with Gasteiger partial charge in [0.15, 0.2) is 6.54 Å². The van der Waals surface area contributed by atoms with Gasteiger partial charge in [0.05, 0.1) is 5.69 Å². The van der Waals surface area contributed by atoms with Crippen LogP contribution < -0.4 is 10.6 Å². The number of hydrogen-bond acceptors (Lipinski definition) is 1. The lowest BCUT2D eigenvalue weighted by Crippen LogP contribution is -2.86. The van der Waals surface area contributed by atoms with E-state index in [-0.39, 0.29) is 11.9 Å². The van der Waals surface area contributed by atoms with Gasteiger partial charge in [0.2, 0.25) is 0 Å². The Hall–Kier alpha value is -1.36. The smallest absolute Gasteiger partial charge is 0.279 e. The Kier molecular flexibility index (Phi) is 5.79. The summed E-state index contributed by atoms with van der Waals surface area (Å²) in [5.74, 6) is -0.0253. The number of nitrogens with two attached hydrogens (primary N) is 1. The molecule has 0 aliphatic carbocycles. The van der Waals surface area contributed by atoms with Crippen LogP contribution in [0.3, 0.4) is 0 Å². The molecule has 5 heteroatoms. The maximum absolute atomic E-state index is 12.0. The van der Waals surface area contributed by atoms with Crippen molar-refractivity contribution < 1.29 is 10.1 Å². The molecule has 2 aromatic carbocycles. The van der Waals surface area contributed by atoms with E-state index in [2.05, 4.69) is 28.2 Å². The first kappa shape index (κ1) is 16.0. The third-order valence-corrected chi connectivity index (χ3v) is 4.14. The summed E-state index contributed by atoms with van der Waals surface area (Å²) in [5.41, 5.74) is 1.93. The van der Waals surface area contributed by atoms with Crippen LogP contribution in [0.15, 0.2) is 53.0 Å². The molecule has 0 aliphatic heterocycles. The normalized spacial score (nSPS) is 12.0. The number of hydrogen-bond donors (Lipinski definition) is 2. The number of quaternary nitrogens is 1. The second kappa shape index (κ2) is 7.59. The zero-order valence-electron chi connectivity index (χ0n) is 11.6. The van der Waals surface area contributed by atoms with Crippen LogP contribution in [0, 0.1) is 0 Å². The number of nitrogens with one attached hydrogen (secondary N) is 1. The summed E-state index contributed by atoms with van der Waals surface area (Å²) in [4.78, 5) is 12.0. The highest BCUT2D eigenvalue weighted by Crippen LogP contribution is 2.20. The van der Waals surface area contributed by atoms with Gasteiger partial charge in [-0.05, 0) is 47.1 Å². The molecule has 0 fully saturated rings. The van der Waals surface area contributed by atoms with Crippen molar-refractivity contribution in [3.63, 3.8) is 0 Å². The third kappa shape index (κ3) is 4.84. The topological polar surface area (TPSA) is 45.7 Å². The van der Waals surface area contributed by atoms with Crippen molar-refractivity contribution in [2.45, 2.75) is 13.0 Å². The molecule has 0 heterocycles. The van der Waals surface area contributed by atoms with E-state index in [1.54, 1.807) is 0 Å². The molecule has 0 bridgehead atoms. The van der Waals surface area contributed by atoms with Gasteiger partial charge in [-0.15, -0.1) is 0 Å². The summed E-state index contributed by atoms with van der Waals surface area (Å²) < 4.78 is 0.879. The van der Waals surface area contributed by atoms with Crippen molar-refractivity contribution >= 4 is 39.1 Å². The second-order valence-corrected chi connectivity index (χ2v) is 6.10. The third-order valence-electron chi connectivity index (χ3n) is 3.20. The van der Waals surface area contributed by atoms with Gasteiger partial charge < -0.3 is 10.6 Å². The quantitative estimate of drug-likeness (QED) is 0.835. The fraction of sp³-hybridized carbons (Fsp3) is 0.188. The van der Waals surface area contributed by atoms with Gasteiger partial charge in [-0.3, -0.25) is 4.79 Å². The standard InChI is InChI=1S/C16H16BrClN2O/c1-11(12-6-8-13(18)9-7-12)19-10-16(21)20-15-5-3-2-4-14(15)17/h2-9,11,19H,10H2,1H3,(H,20,21)/p+1/t11-/m1/s1. The van der Waals surface area contributed by atoms with Crippen LogP contribution in [-0.4, -0.2) is 12.5 Å². The molecule has 0 saturated heterocycles. The van der Waals surface area contributed by atoms with E-state index < -0.39 is 0 Å². The average molecular weight is 369 g/mol. The first-order valence-electron chi connectivity index (χ1n) is 6.69. The molecule has 2 rings (SSSR count). The molecule has 110 valence electrons. The van der Waals surface area contributed by atoms with E-state index in [9.17, 15) is 4.79 Å². The second-order valence-electron chi connectivity index (χ2n) is 4.81. The molecule has 3 nitrogen and oxygen atoms in total. The van der Waals surface area contributed by atoms with Crippen LogP contribution in [0.25, 0.3) is 0 Å². The predicted molar refractivity (Wildman–Crippen MR) is 89.4 cm³/mol. The summed E-state index contributed by atoms with van der Waals surface area (Å²) >= 11 is 9.28. The monoisotopic (exact) mass is 367 g/mol. The van der Waals surface area contributed by atoms with Crippen LogP contribution in [0.2, 0.25) is 5.02 Å². The lowest BCUT2D eigenvalue weighted by atomic mass is 10.1. The zero-order chi connectivity index (χ0) is 15.2. The Morgan fingerprint density at radius 2 is 1.90 bits per heavy atom. The largest absolute Gasteiger partial charge is 0.333 e. The van der Waals surface area contributed by atoms with E-state index in [0.29, 0.717) is 6.54 Å². The Balaban J connectivity index is 1.86. The minimum absolute atomic E-state index is 0.0253. The molecular weight excluding hydrogens is 352 g/mol. The summed E-state index contributed by atoms with van der Waals surface area (Å²) in [7, 11) is 0.